The molecule has 0 aromatic heterocycles. The number of nitrogens with one attached hydrogen (secondary N) is 1. The van der Waals surface area contributed by atoms with Crippen LogP contribution in [0.1, 0.15) is 5.56 Å². The average Bonchev–Trinajstić information content (AvgIpc) is 2.55. The van der Waals surface area contributed by atoms with Gasteiger partial charge < -0.3 is 0 Å². The molecule has 0 radical (unpaired) electrons. The number of hydrazone groups is 1. The van der Waals surface area contributed by atoms with Gasteiger partial charge in [-0.2, -0.15) is 13.5 Å². The average molecular weight is 326 g/mol. The molecule has 0 aliphatic heterocycles. The number of hydrogen-bond donors (Lipinski definition) is 2. The second-order valence-electron chi connectivity index (χ2n) is 4.94. The van der Waals surface area contributed by atoms with Gasteiger partial charge in [0.05, 0.1) is 16.8 Å². The summed E-state index contributed by atoms with van der Waals surface area (Å²) in [6.45, 7) is 0. The molecule has 5 nitrogen and oxygen atoms in total. The minimum atomic E-state index is -4.17. The van der Waals surface area contributed by atoms with Crippen LogP contribution in [0.4, 0.5) is 5.69 Å². The molecule has 0 unspecified atom stereocenters. The zero-order valence-electron chi connectivity index (χ0n) is 12.0. The molecule has 0 aliphatic rings. The van der Waals surface area contributed by atoms with E-state index in [-0.39, 0.29) is 4.90 Å². The van der Waals surface area contributed by atoms with Crippen molar-refractivity contribution in [3.8, 4) is 0 Å². The van der Waals surface area contributed by atoms with Gasteiger partial charge in [0.25, 0.3) is 10.1 Å². The fraction of sp³-hybridized carbons (Fsp3) is 0. The molecule has 0 fully saturated rings. The lowest BCUT2D eigenvalue weighted by molar-refractivity contribution is 0.483. The second kappa shape index (κ2) is 6.20. The van der Waals surface area contributed by atoms with E-state index >= 15 is 0 Å². The summed E-state index contributed by atoms with van der Waals surface area (Å²) in [6, 6.07) is 19.7. The van der Waals surface area contributed by atoms with Gasteiger partial charge in [-0.1, -0.05) is 42.5 Å². The topological polar surface area (TPSA) is 78.8 Å². The predicted octanol–water partition coefficient (Wildman–Crippen LogP) is 3.53. The Morgan fingerprint density at radius 3 is 2.35 bits per heavy atom. The number of benzene rings is 3. The molecule has 0 aliphatic carbocycles. The molecule has 2 N–H and O–H groups in total. The third-order valence-electron chi connectivity index (χ3n) is 3.37. The Kier molecular flexibility index (Phi) is 4.10. The van der Waals surface area contributed by atoms with Gasteiger partial charge in [-0.3, -0.25) is 9.98 Å². The Hall–Kier alpha value is -2.70. The normalized spacial score (nSPS) is 11.9. The van der Waals surface area contributed by atoms with E-state index in [0.717, 1.165) is 16.3 Å². The molecule has 0 saturated carbocycles. The molecule has 3 aromatic carbocycles. The maximum absolute atomic E-state index is 11.0. The fourth-order valence-electron chi connectivity index (χ4n) is 2.24. The molecule has 23 heavy (non-hydrogen) atoms. The Balaban J connectivity index is 1.78. The van der Waals surface area contributed by atoms with E-state index in [1.165, 1.54) is 24.3 Å². The van der Waals surface area contributed by atoms with Gasteiger partial charge in [-0.15, -0.1) is 0 Å². The van der Waals surface area contributed by atoms with Crippen LogP contribution in [0, 0.1) is 0 Å². The smallest absolute Gasteiger partial charge is 0.282 e. The van der Waals surface area contributed by atoms with Crippen molar-refractivity contribution in [1.29, 1.82) is 0 Å². The van der Waals surface area contributed by atoms with E-state index in [4.69, 9.17) is 4.55 Å². The Morgan fingerprint density at radius 1 is 0.913 bits per heavy atom. The second-order valence-corrected chi connectivity index (χ2v) is 6.36. The molecule has 116 valence electrons. The SMILES string of the molecule is O=S(=O)(O)c1ccc(N/N=C\c2cccc3ccccc23)cc1. The summed E-state index contributed by atoms with van der Waals surface area (Å²) in [5.41, 5.74) is 4.43. The van der Waals surface area contributed by atoms with Crippen molar-refractivity contribution >= 4 is 32.8 Å². The number of nitrogens with zero attached hydrogens (tertiary/aromatic N) is 1. The summed E-state index contributed by atoms with van der Waals surface area (Å²) >= 11 is 0. The first-order valence-corrected chi connectivity index (χ1v) is 8.32. The number of rotatable bonds is 4. The summed E-state index contributed by atoms with van der Waals surface area (Å²) in [7, 11) is -4.17. The highest BCUT2D eigenvalue weighted by atomic mass is 32.2. The van der Waals surface area contributed by atoms with Crippen molar-refractivity contribution in [3.63, 3.8) is 0 Å². The van der Waals surface area contributed by atoms with Crippen molar-refractivity contribution < 1.29 is 13.0 Å². The molecule has 0 saturated heterocycles. The van der Waals surface area contributed by atoms with Gasteiger partial charge in [-0.25, -0.2) is 0 Å². The molecule has 0 bridgehead atoms. The molecule has 0 heterocycles. The van der Waals surface area contributed by atoms with Crippen molar-refractivity contribution in [3.05, 3.63) is 72.3 Å². The highest BCUT2D eigenvalue weighted by Crippen LogP contribution is 2.17. The van der Waals surface area contributed by atoms with Gasteiger partial charge in [0.1, 0.15) is 0 Å². The quantitative estimate of drug-likeness (QED) is 0.437. The molecule has 3 aromatic rings. The molecular formula is C17H14N2O3S. The largest absolute Gasteiger partial charge is 0.294 e. The Labute approximate surface area is 134 Å². The van der Waals surface area contributed by atoms with E-state index < -0.39 is 10.1 Å². The van der Waals surface area contributed by atoms with Gasteiger partial charge in [-0.05, 0) is 35.0 Å². The third kappa shape index (κ3) is 3.56. The first-order chi connectivity index (χ1) is 11.0. The standard InChI is InChI=1S/C17H14N2O3S/c20-23(21,22)16-10-8-15(9-11-16)19-18-12-14-6-3-5-13-4-1-2-7-17(13)14/h1-12,19H,(H,20,21,22)/b18-12-. The van der Waals surface area contributed by atoms with E-state index in [2.05, 4.69) is 10.5 Å². The van der Waals surface area contributed by atoms with Crippen LogP contribution >= 0.6 is 0 Å². The van der Waals surface area contributed by atoms with Crippen molar-refractivity contribution in [2.24, 2.45) is 5.10 Å². The molecule has 0 spiro atoms. The number of hydrogen-bond acceptors (Lipinski definition) is 4. The van der Waals surface area contributed by atoms with Gasteiger partial charge >= 0.3 is 0 Å². The van der Waals surface area contributed by atoms with Crippen molar-refractivity contribution in [2.75, 3.05) is 5.43 Å². The summed E-state index contributed by atoms with van der Waals surface area (Å²) in [4.78, 5) is -0.152. The van der Waals surface area contributed by atoms with Crippen LogP contribution in [0.5, 0.6) is 0 Å². The lowest BCUT2D eigenvalue weighted by Gasteiger charge is -2.03. The van der Waals surface area contributed by atoms with E-state index in [1.54, 1.807) is 6.21 Å². The summed E-state index contributed by atoms with van der Waals surface area (Å²) < 4.78 is 30.9. The first kappa shape index (κ1) is 15.2. The minimum absolute atomic E-state index is 0.152. The van der Waals surface area contributed by atoms with Crippen LogP contribution in [0.15, 0.2) is 76.7 Å². The predicted molar refractivity (Wildman–Crippen MR) is 91.4 cm³/mol. The van der Waals surface area contributed by atoms with Crippen LogP contribution in [-0.4, -0.2) is 19.2 Å². The fourth-order valence-corrected chi connectivity index (χ4v) is 2.72. The van der Waals surface area contributed by atoms with Crippen LogP contribution in [0.3, 0.4) is 0 Å². The van der Waals surface area contributed by atoms with E-state index in [9.17, 15) is 8.42 Å². The third-order valence-corrected chi connectivity index (χ3v) is 4.24. The maximum atomic E-state index is 11.0. The molecule has 6 heteroatoms. The summed E-state index contributed by atoms with van der Waals surface area (Å²) in [5, 5.41) is 6.40. The highest BCUT2D eigenvalue weighted by Gasteiger charge is 2.07. The van der Waals surface area contributed by atoms with Crippen LogP contribution in [0.2, 0.25) is 0 Å². The van der Waals surface area contributed by atoms with Gasteiger partial charge in [0.2, 0.25) is 0 Å². The first-order valence-electron chi connectivity index (χ1n) is 6.88. The van der Waals surface area contributed by atoms with E-state index in [0.29, 0.717) is 5.69 Å². The van der Waals surface area contributed by atoms with Crippen LogP contribution in [-0.2, 0) is 10.1 Å². The number of anilines is 1. The van der Waals surface area contributed by atoms with Crippen molar-refractivity contribution in [2.45, 2.75) is 4.90 Å². The zero-order chi connectivity index (χ0) is 16.3. The molecule has 0 atom stereocenters. The number of fused-ring (bicyclic) bond motifs is 1. The lowest BCUT2D eigenvalue weighted by atomic mass is 10.1. The van der Waals surface area contributed by atoms with Gasteiger partial charge in [0.15, 0.2) is 0 Å². The summed E-state index contributed by atoms with van der Waals surface area (Å²) in [6.07, 6.45) is 1.71. The Morgan fingerprint density at radius 2 is 1.61 bits per heavy atom. The lowest BCUT2D eigenvalue weighted by Crippen LogP contribution is -1.98. The summed E-state index contributed by atoms with van der Waals surface area (Å²) in [5.74, 6) is 0. The molecule has 3 rings (SSSR count). The van der Waals surface area contributed by atoms with E-state index in [1.807, 2.05) is 42.5 Å². The molecule has 0 amide bonds. The highest BCUT2D eigenvalue weighted by molar-refractivity contribution is 7.85. The molecular weight excluding hydrogens is 312 g/mol. The van der Waals surface area contributed by atoms with Gasteiger partial charge in [0, 0.05) is 5.56 Å². The zero-order valence-corrected chi connectivity index (χ0v) is 12.9. The van der Waals surface area contributed by atoms with Crippen molar-refractivity contribution in [1.82, 2.24) is 0 Å². The van der Waals surface area contributed by atoms with Crippen LogP contribution in [0.25, 0.3) is 10.8 Å². The monoisotopic (exact) mass is 326 g/mol. The Bertz CT molecular complexity index is 959. The maximum Gasteiger partial charge on any atom is 0.294 e. The minimum Gasteiger partial charge on any atom is -0.282 e. The van der Waals surface area contributed by atoms with Crippen LogP contribution < -0.4 is 5.43 Å².